The van der Waals surface area contributed by atoms with E-state index in [9.17, 15) is 19.2 Å². The molecule has 0 aromatic carbocycles. The number of carbonyl (C=O) groups excluding carboxylic acids is 3. The number of hydrogen-bond donors (Lipinski definition) is 4. The van der Waals surface area contributed by atoms with Crippen molar-refractivity contribution in [3.63, 3.8) is 0 Å². The molecule has 5 N–H and O–H groups in total. The van der Waals surface area contributed by atoms with Crippen LogP contribution in [0.15, 0.2) is 24.3 Å². The fourth-order valence-corrected chi connectivity index (χ4v) is 7.99. The Kier molecular flexibility index (Phi) is 23.4. The number of amides is 1. The van der Waals surface area contributed by atoms with Crippen molar-refractivity contribution in [1.82, 2.24) is 25.1 Å². The predicted octanol–water partition coefficient (Wildman–Crippen LogP) is 6.16. The van der Waals surface area contributed by atoms with Crippen molar-refractivity contribution in [2.24, 2.45) is 17.6 Å². The quantitative estimate of drug-likeness (QED) is 0.111. The number of nitrogens with two attached hydrogens (primary N) is 1. The number of carboxylic acid groups (broad SMARTS) is 1. The number of nitrogens with one attached hydrogen (secondary N) is 2. The topological polar surface area (TPSA) is 189 Å². The summed E-state index contributed by atoms with van der Waals surface area (Å²) in [6.07, 6.45) is 15.9. The number of fused-ring (bicyclic) bond motifs is 2. The Morgan fingerprint density at radius 2 is 1.40 bits per heavy atom. The second-order valence-electron chi connectivity index (χ2n) is 17.8. The average Bonchev–Trinajstić information content (AvgIpc) is 3.24. The van der Waals surface area contributed by atoms with Crippen LogP contribution in [0.1, 0.15) is 134 Å². The summed E-state index contributed by atoms with van der Waals surface area (Å²) in [6, 6.07) is 8.71. The molecular weight excluding hydrogens is 787 g/mol. The smallest absolute Gasteiger partial charge is 0.320 e. The van der Waals surface area contributed by atoms with Crippen molar-refractivity contribution in [3.8, 4) is 0 Å². The third-order valence-corrected chi connectivity index (χ3v) is 11.5. The molecule has 2 aromatic heterocycles. The molecule has 6 rings (SSSR count). The minimum Gasteiger partial charge on any atom is -0.481 e. The van der Waals surface area contributed by atoms with Crippen molar-refractivity contribution in [2.45, 2.75) is 143 Å². The molecule has 3 aliphatic heterocycles. The van der Waals surface area contributed by atoms with Gasteiger partial charge in [0.05, 0.1) is 25.6 Å². The van der Waals surface area contributed by atoms with Crippen LogP contribution >= 0.6 is 0 Å². The monoisotopic (exact) mass is 866 g/mol. The summed E-state index contributed by atoms with van der Waals surface area (Å²) in [5.41, 5.74) is 11.4. The molecule has 2 aromatic rings. The molecule has 14 nitrogen and oxygen atoms in total. The van der Waals surface area contributed by atoms with Crippen LogP contribution in [-0.2, 0) is 60.8 Å². The van der Waals surface area contributed by atoms with E-state index < -0.39 is 11.6 Å². The zero-order valence-corrected chi connectivity index (χ0v) is 37.6. The summed E-state index contributed by atoms with van der Waals surface area (Å²) in [4.78, 5) is 60.0. The number of aliphatic carboxylic acids is 1. The van der Waals surface area contributed by atoms with Gasteiger partial charge in [0, 0.05) is 36.1 Å². The summed E-state index contributed by atoms with van der Waals surface area (Å²) in [5, 5.41) is 15.3. The number of hydrogen-bond acceptors (Lipinski definition) is 12. The van der Waals surface area contributed by atoms with Gasteiger partial charge in [-0.15, -0.1) is 0 Å². The number of anilines is 1. The van der Waals surface area contributed by atoms with Crippen LogP contribution in [0.2, 0.25) is 0 Å². The van der Waals surface area contributed by atoms with Crippen LogP contribution in [0, 0.1) is 11.8 Å². The number of pyridine rings is 2. The van der Waals surface area contributed by atoms with Crippen LogP contribution in [0.25, 0.3) is 0 Å². The van der Waals surface area contributed by atoms with Gasteiger partial charge in [-0.3, -0.25) is 34.0 Å². The lowest BCUT2D eigenvalue weighted by Crippen LogP contribution is -2.42. The van der Waals surface area contributed by atoms with E-state index in [1.807, 2.05) is 25.7 Å². The van der Waals surface area contributed by atoms with Crippen LogP contribution in [0.3, 0.4) is 0 Å². The van der Waals surface area contributed by atoms with Crippen molar-refractivity contribution in [2.75, 3.05) is 70.8 Å². The van der Waals surface area contributed by atoms with Gasteiger partial charge in [-0.1, -0.05) is 32.9 Å². The number of esters is 2. The number of aromatic nitrogens is 2. The van der Waals surface area contributed by atoms with E-state index in [0.29, 0.717) is 45.6 Å². The Balaban J connectivity index is 0.000000270. The molecule has 0 radical (unpaired) electrons. The highest BCUT2D eigenvalue weighted by molar-refractivity contribution is 5.78. The maximum absolute atomic E-state index is 12.5. The minimum absolute atomic E-state index is 0. The average molecular weight is 866 g/mol. The molecule has 1 aliphatic carbocycles. The Labute approximate surface area is 371 Å². The number of piperidine rings is 2. The third-order valence-electron chi connectivity index (χ3n) is 11.5. The van der Waals surface area contributed by atoms with E-state index >= 15 is 0 Å². The van der Waals surface area contributed by atoms with Crippen molar-refractivity contribution in [1.29, 1.82) is 0 Å². The molecule has 2 saturated heterocycles. The first-order valence-corrected chi connectivity index (χ1v) is 23.1. The van der Waals surface area contributed by atoms with Crippen LogP contribution < -0.4 is 16.4 Å². The van der Waals surface area contributed by atoms with E-state index in [4.69, 9.17) is 30.3 Å². The first kappa shape index (κ1) is 52.2. The van der Waals surface area contributed by atoms with Gasteiger partial charge in [-0.25, -0.2) is 4.98 Å². The van der Waals surface area contributed by atoms with E-state index in [2.05, 4.69) is 46.7 Å². The molecule has 0 unspecified atom stereocenters. The summed E-state index contributed by atoms with van der Waals surface area (Å²) < 4.78 is 10.4. The maximum Gasteiger partial charge on any atom is 0.320 e. The molecule has 5 heterocycles. The maximum atomic E-state index is 12.5. The number of unbranched alkanes of at least 4 members (excludes halogenated alkanes) is 1. The van der Waals surface area contributed by atoms with Crippen molar-refractivity contribution >= 4 is 29.6 Å². The summed E-state index contributed by atoms with van der Waals surface area (Å²) in [7, 11) is 0. The number of nitrogens with zero attached hydrogens (tertiary/aromatic N) is 4. The molecule has 4 aliphatic rings. The first-order chi connectivity index (χ1) is 29.3. The van der Waals surface area contributed by atoms with E-state index in [-0.39, 0.29) is 43.7 Å². The zero-order valence-electron chi connectivity index (χ0n) is 37.6. The van der Waals surface area contributed by atoms with Gasteiger partial charge >= 0.3 is 17.9 Å². The number of ether oxygens (including phenoxy) is 2. The standard InChI is InChI=1S/C23H36N4O3.C12H18N2.C12H21NO4.CH4/c1-2-3-16-30-21(28)17-27-14-10-19(11-15-27)23(29)25-13-5-7-20-9-8-18-6-4-12-24-22(18)26-20;13-9-3-5-11-8-7-10-4-1-2-6-12(10)14-11;1-12(2,3)17-10(14)8-13-6-4-9(5-7-13)11(15)16;/h8-9,19H,2-7,10-17H2,1H3,(H,24,26)(H,25,29);7-8H,1-6,9,13H2;9H,4-8H2,1-3H3,(H,15,16);1H4. The molecule has 348 valence electrons. The van der Waals surface area contributed by atoms with Crippen LogP contribution in [-0.4, -0.2) is 120 Å². The minimum atomic E-state index is -0.734. The largest absolute Gasteiger partial charge is 0.481 e. The number of likely N-dealkylation sites (tertiary alicyclic amines) is 2. The van der Waals surface area contributed by atoms with Crippen molar-refractivity contribution < 1.29 is 33.8 Å². The number of carboxylic acids is 1. The van der Waals surface area contributed by atoms with Gasteiger partial charge < -0.3 is 30.9 Å². The van der Waals surface area contributed by atoms with Gasteiger partial charge in [0.1, 0.15) is 11.4 Å². The summed E-state index contributed by atoms with van der Waals surface area (Å²) in [6.45, 7) is 13.9. The highest BCUT2D eigenvalue weighted by Gasteiger charge is 2.28. The lowest BCUT2D eigenvalue weighted by atomic mass is 9.95. The fourth-order valence-electron chi connectivity index (χ4n) is 7.99. The lowest BCUT2D eigenvalue weighted by Gasteiger charge is -2.30. The van der Waals surface area contributed by atoms with E-state index in [1.165, 1.54) is 54.6 Å². The molecule has 0 atom stereocenters. The Bertz CT molecular complexity index is 1670. The molecule has 0 spiro atoms. The molecule has 0 bridgehead atoms. The molecule has 1 amide bonds. The number of carbonyl (C=O) groups is 4. The Morgan fingerprint density at radius 3 is 2.05 bits per heavy atom. The first-order valence-electron chi connectivity index (χ1n) is 23.1. The molecule has 2 fully saturated rings. The highest BCUT2D eigenvalue weighted by Crippen LogP contribution is 2.22. The second-order valence-corrected chi connectivity index (χ2v) is 17.8. The second kappa shape index (κ2) is 27.8. The Morgan fingerprint density at radius 1 is 0.806 bits per heavy atom. The zero-order chi connectivity index (χ0) is 44.0. The molecule has 14 heteroatoms. The highest BCUT2D eigenvalue weighted by atomic mass is 16.6. The number of rotatable bonds is 16. The summed E-state index contributed by atoms with van der Waals surface area (Å²) >= 11 is 0. The Hall–Kier alpha value is -4.14. The lowest BCUT2D eigenvalue weighted by molar-refractivity contribution is -0.156. The van der Waals surface area contributed by atoms with Gasteiger partial charge in [-0.05, 0) is 173 Å². The van der Waals surface area contributed by atoms with Gasteiger partial charge in [0.2, 0.25) is 5.91 Å². The molecular formula is C48H79N7O7. The van der Waals surface area contributed by atoms with Crippen molar-refractivity contribution in [3.05, 3.63) is 52.5 Å². The van der Waals surface area contributed by atoms with Gasteiger partial charge in [-0.2, -0.15) is 0 Å². The molecule has 62 heavy (non-hydrogen) atoms. The van der Waals surface area contributed by atoms with E-state index in [0.717, 1.165) is 95.5 Å². The number of aryl methyl sites for hydroxylation is 5. The van der Waals surface area contributed by atoms with E-state index in [1.54, 1.807) is 0 Å². The summed E-state index contributed by atoms with van der Waals surface area (Å²) in [5.74, 6) is -0.178. The van der Waals surface area contributed by atoms with Crippen LogP contribution in [0.4, 0.5) is 5.82 Å². The fraction of sp³-hybridized carbons (Fsp3) is 0.708. The van der Waals surface area contributed by atoms with Gasteiger partial charge in [0.25, 0.3) is 0 Å². The van der Waals surface area contributed by atoms with Crippen LogP contribution in [0.5, 0.6) is 0 Å². The normalized spacial score (nSPS) is 16.9. The third kappa shape index (κ3) is 19.5. The van der Waals surface area contributed by atoms with Gasteiger partial charge in [0.15, 0.2) is 0 Å². The SMILES string of the molecule is C.CC(C)(C)OC(=O)CN1CCC(C(=O)O)CC1.CCCCOC(=O)CN1CCC(C(=O)NCCCc2ccc3c(n2)NCCC3)CC1.NCCCc1ccc2c(n1)CCCC2. The predicted molar refractivity (Wildman–Crippen MR) is 245 cm³/mol. The molecule has 0 saturated carbocycles.